The minimum atomic E-state index is -3.56. The van der Waals surface area contributed by atoms with Crippen LogP contribution in [0.5, 0.6) is 0 Å². The van der Waals surface area contributed by atoms with Crippen LogP contribution in [0.4, 0.5) is 0 Å². The maximum Gasteiger partial charge on any atom is 0.276 e. The maximum atomic E-state index is 12.2. The quantitative estimate of drug-likeness (QED) is 0.884. The van der Waals surface area contributed by atoms with Crippen molar-refractivity contribution in [3.05, 3.63) is 17.9 Å². The van der Waals surface area contributed by atoms with Gasteiger partial charge < -0.3 is 9.52 Å². The van der Waals surface area contributed by atoms with Gasteiger partial charge in [-0.3, -0.25) is 0 Å². The molecule has 0 aliphatic heterocycles. The SMILES string of the molecule is CN(CC1CCCC1)S(=O)(=O)c1ccc(CO)o1. The lowest BCUT2D eigenvalue weighted by Gasteiger charge is -2.19. The first kappa shape index (κ1) is 13.6. The van der Waals surface area contributed by atoms with Gasteiger partial charge in [0.2, 0.25) is 5.09 Å². The molecule has 1 aromatic heterocycles. The van der Waals surface area contributed by atoms with Crippen molar-refractivity contribution in [2.24, 2.45) is 5.92 Å². The molecule has 0 radical (unpaired) electrons. The fraction of sp³-hybridized carbons (Fsp3) is 0.667. The van der Waals surface area contributed by atoms with Crippen LogP contribution in [0.1, 0.15) is 31.4 Å². The molecule has 1 saturated carbocycles. The Labute approximate surface area is 107 Å². The molecule has 0 saturated heterocycles. The molecule has 0 amide bonds. The lowest BCUT2D eigenvalue weighted by molar-refractivity contribution is 0.235. The van der Waals surface area contributed by atoms with Crippen molar-refractivity contribution in [2.75, 3.05) is 13.6 Å². The third-order valence-corrected chi connectivity index (χ3v) is 5.15. The summed E-state index contributed by atoms with van der Waals surface area (Å²) in [5.41, 5.74) is 0. The molecule has 0 atom stereocenters. The first-order chi connectivity index (χ1) is 8.54. The fourth-order valence-electron chi connectivity index (χ4n) is 2.39. The van der Waals surface area contributed by atoms with Gasteiger partial charge in [0.25, 0.3) is 10.0 Å². The maximum absolute atomic E-state index is 12.2. The largest absolute Gasteiger partial charge is 0.446 e. The van der Waals surface area contributed by atoms with E-state index < -0.39 is 10.0 Å². The van der Waals surface area contributed by atoms with E-state index in [9.17, 15) is 8.42 Å². The van der Waals surface area contributed by atoms with E-state index >= 15 is 0 Å². The molecule has 0 aromatic carbocycles. The second-order valence-electron chi connectivity index (χ2n) is 4.81. The molecule has 1 N–H and O–H groups in total. The van der Waals surface area contributed by atoms with Crippen LogP contribution in [0.25, 0.3) is 0 Å². The van der Waals surface area contributed by atoms with Gasteiger partial charge in [-0.2, -0.15) is 4.31 Å². The third-order valence-electron chi connectivity index (χ3n) is 3.45. The smallest absolute Gasteiger partial charge is 0.276 e. The molecule has 0 unspecified atom stereocenters. The van der Waals surface area contributed by atoms with Crippen LogP contribution in [-0.2, 0) is 16.6 Å². The molecule has 0 spiro atoms. The summed E-state index contributed by atoms with van der Waals surface area (Å²) in [6, 6.07) is 2.88. The molecule has 0 bridgehead atoms. The number of hydrogen-bond acceptors (Lipinski definition) is 4. The molecule has 2 rings (SSSR count). The Kier molecular flexibility index (Phi) is 4.09. The van der Waals surface area contributed by atoms with Crippen LogP contribution in [0, 0.1) is 5.92 Å². The Morgan fingerprint density at radius 2 is 2.06 bits per heavy atom. The molecule has 1 aromatic rings. The molecule has 1 fully saturated rings. The number of furan rings is 1. The van der Waals surface area contributed by atoms with E-state index in [0.717, 1.165) is 12.8 Å². The standard InChI is InChI=1S/C12H19NO4S/c1-13(8-10-4-2-3-5-10)18(15,16)12-7-6-11(9-14)17-12/h6-7,10,14H,2-5,8-9H2,1H3. The predicted octanol–water partition coefficient (Wildman–Crippen LogP) is 1.58. The Hall–Kier alpha value is -0.850. The Balaban J connectivity index is 2.09. The molecule has 102 valence electrons. The number of aliphatic hydroxyl groups is 1. The van der Waals surface area contributed by atoms with Gasteiger partial charge in [0.15, 0.2) is 0 Å². The van der Waals surface area contributed by atoms with E-state index in [-0.39, 0.29) is 17.5 Å². The van der Waals surface area contributed by atoms with Gasteiger partial charge in [-0.1, -0.05) is 12.8 Å². The van der Waals surface area contributed by atoms with Crippen LogP contribution >= 0.6 is 0 Å². The molecule has 18 heavy (non-hydrogen) atoms. The van der Waals surface area contributed by atoms with E-state index in [1.54, 1.807) is 7.05 Å². The lowest BCUT2D eigenvalue weighted by atomic mass is 10.1. The summed E-state index contributed by atoms with van der Waals surface area (Å²) in [6.45, 7) is 0.249. The van der Waals surface area contributed by atoms with E-state index in [1.165, 1.54) is 29.3 Å². The highest BCUT2D eigenvalue weighted by Gasteiger charge is 2.27. The number of nitrogens with zero attached hydrogens (tertiary/aromatic N) is 1. The van der Waals surface area contributed by atoms with Gasteiger partial charge in [-0.25, -0.2) is 8.42 Å². The molecule has 5 nitrogen and oxygen atoms in total. The van der Waals surface area contributed by atoms with E-state index in [4.69, 9.17) is 9.52 Å². The molecule has 1 heterocycles. The minimum Gasteiger partial charge on any atom is -0.446 e. The van der Waals surface area contributed by atoms with Gasteiger partial charge in [-0.15, -0.1) is 0 Å². The predicted molar refractivity (Wildman–Crippen MR) is 66.4 cm³/mol. The number of hydrogen-bond donors (Lipinski definition) is 1. The zero-order chi connectivity index (χ0) is 13.2. The zero-order valence-corrected chi connectivity index (χ0v) is 11.3. The van der Waals surface area contributed by atoms with Crippen molar-refractivity contribution >= 4 is 10.0 Å². The average molecular weight is 273 g/mol. The number of sulfonamides is 1. The Morgan fingerprint density at radius 3 is 2.61 bits per heavy atom. The summed E-state index contributed by atoms with van der Waals surface area (Å²) in [4.78, 5) is 0. The zero-order valence-electron chi connectivity index (χ0n) is 10.5. The molecular weight excluding hydrogens is 254 g/mol. The van der Waals surface area contributed by atoms with Crippen LogP contribution in [0.2, 0.25) is 0 Å². The highest BCUT2D eigenvalue weighted by molar-refractivity contribution is 7.89. The van der Waals surface area contributed by atoms with Crippen molar-refractivity contribution in [1.29, 1.82) is 0 Å². The summed E-state index contributed by atoms with van der Waals surface area (Å²) >= 11 is 0. The van der Waals surface area contributed by atoms with E-state index in [0.29, 0.717) is 12.5 Å². The topological polar surface area (TPSA) is 70.8 Å². The summed E-state index contributed by atoms with van der Waals surface area (Å²) in [7, 11) is -1.98. The van der Waals surface area contributed by atoms with Crippen LogP contribution < -0.4 is 0 Å². The van der Waals surface area contributed by atoms with Gasteiger partial charge in [0.05, 0.1) is 0 Å². The van der Waals surface area contributed by atoms with Crippen molar-refractivity contribution in [3.63, 3.8) is 0 Å². The fourth-order valence-corrected chi connectivity index (χ4v) is 3.56. The molecule has 1 aliphatic rings. The lowest BCUT2D eigenvalue weighted by Crippen LogP contribution is -2.31. The average Bonchev–Trinajstić information content (AvgIpc) is 2.99. The van der Waals surface area contributed by atoms with E-state index in [2.05, 4.69) is 0 Å². The van der Waals surface area contributed by atoms with Crippen molar-refractivity contribution in [3.8, 4) is 0 Å². The summed E-state index contributed by atoms with van der Waals surface area (Å²) < 4.78 is 30.9. The first-order valence-electron chi connectivity index (χ1n) is 6.20. The second kappa shape index (κ2) is 5.42. The Bertz CT molecular complexity index is 488. The summed E-state index contributed by atoms with van der Waals surface area (Å²) in [5.74, 6) is 0.722. The van der Waals surface area contributed by atoms with Gasteiger partial charge in [0, 0.05) is 13.6 Å². The highest BCUT2D eigenvalue weighted by Crippen LogP contribution is 2.27. The van der Waals surface area contributed by atoms with Crippen molar-refractivity contribution < 1.29 is 17.9 Å². The second-order valence-corrected chi connectivity index (χ2v) is 6.79. The highest BCUT2D eigenvalue weighted by atomic mass is 32.2. The van der Waals surface area contributed by atoms with Gasteiger partial charge in [0.1, 0.15) is 12.4 Å². The van der Waals surface area contributed by atoms with Crippen molar-refractivity contribution in [1.82, 2.24) is 4.31 Å². The molecule has 6 heteroatoms. The van der Waals surface area contributed by atoms with Gasteiger partial charge >= 0.3 is 0 Å². The van der Waals surface area contributed by atoms with Crippen LogP contribution in [0.15, 0.2) is 21.6 Å². The van der Waals surface area contributed by atoms with Crippen LogP contribution in [-0.4, -0.2) is 31.4 Å². The third kappa shape index (κ3) is 2.76. The minimum absolute atomic E-state index is 0.0907. The molecule has 1 aliphatic carbocycles. The number of aliphatic hydroxyl groups excluding tert-OH is 1. The monoisotopic (exact) mass is 273 g/mol. The summed E-state index contributed by atoms with van der Waals surface area (Å²) in [5, 5.41) is 8.79. The van der Waals surface area contributed by atoms with Crippen LogP contribution in [0.3, 0.4) is 0 Å². The normalized spacial score (nSPS) is 17.7. The number of rotatable bonds is 5. The van der Waals surface area contributed by atoms with Gasteiger partial charge in [-0.05, 0) is 30.9 Å². The Morgan fingerprint density at radius 1 is 1.39 bits per heavy atom. The summed E-state index contributed by atoms with van der Waals surface area (Å²) in [6.07, 6.45) is 4.57. The first-order valence-corrected chi connectivity index (χ1v) is 7.64. The van der Waals surface area contributed by atoms with E-state index in [1.807, 2.05) is 0 Å². The van der Waals surface area contributed by atoms with Crippen molar-refractivity contribution in [2.45, 2.75) is 37.4 Å². The molecular formula is C12H19NO4S.